The second-order valence-corrected chi connectivity index (χ2v) is 8.79. The molecule has 0 unspecified atom stereocenters. The van der Waals surface area contributed by atoms with E-state index < -0.39 is 60.5 Å². The molecule has 0 saturated carbocycles. The van der Waals surface area contributed by atoms with Gasteiger partial charge < -0.3 is 20.4 Å². The first-order valence-electron chi connectivity index (χ1n) is 11.3. The van der Waals surface area contributed by atoms with Crippen LogP contribution in [0.1, 0.15) is 57.8 Å². The number of hydrogen-bond donors (Lipinski definition) is 7. The summed E-state index contributed by atoms with van der Waals surface area (Å²) in [5, 5.41) is 41.8. The van der Waals surface area contributed by atoms with Crippen LogP contribution in [0.2, 0.25) is 0 Å². The number of nitrogens with one attached hydrogen (secondary N) is 2. The van der Waals surface area contributed by atoms with Crippen LogP contribution in [0.25, 0.3) is 0 Å². The van der Waals surface area contributed by atoms with Crippen LogP contribution in [-0.2, 0) is 19.2 Å². The molecule has 8 N–H and O–H groups in total. The summed E-state index contributed by atoms with van der Waals surface area (Å²) in [7, 11) is 0. The van der Waals surface area contributed by atoms with Crippen LogP contribution in [0.5, 0.6) is 0 Å². The maximum atomic E-state index is 12.3. The molecule has 0 aromatic heterocycles. The van der Waals surface area contributed by atoms with Gasteiger partial charge in [0.25, 0.3) is 0 Å². The quantitative estimate of drug-likeness (QED) is 0.241. The third-order valence-electron chi connectivity index (χ3n) is 6.38. The first-order chi connectivity index (χ1) is 16.5. The van der Waals surface area contributed by atoms with Gasteiger partial charge in [0.15, 0.2) is 0 Å². The molecule has 0 amide bonds. The summed E-state index contributed by atoms with van der Waals surface area (Å²) in [4.78, 5) is 48.8. The second kappa shape index (κ2) is 12.4. The van der Waals surface area contributed by atoms with E-state index in [1.54, 1.807) is 30.3 Å². The molecule has 13 heteroatoms. The molecule has 0 bridgehead atoms. The van der Waals surface area contributed by atoms with E-state index in [-0.39, 0.29) is 12.1 Å². The zero-order valence-corrected chi connectivity index (χ0v) is 19.4. The highest BCUT2D eigenvalue weighted by Crippen LogP contribution is 2.52. The molecule has 1 aliphatic rings. The van der Waals surface area contributed by atoms with Gasteiger partial charge in [-0.15, -0.1) is 0 Å². The molecule has 1 fully saturated rings. The zero-order valence-electron chi connectivity index (χ0n) is 19.4. The van der Waals surface area contributed by atoms with Crippen LogP contribution >= 0.6 is 0 Å². The zero-order chi connectivity index (χ0) is 26.1. The third-order valence-corrected chi connectivity index (χ3v) is 6.38. The average molecular weight is 496 g/mol. The van der Waals surface area contributed by atoms with Gasteiger partial charge in [0, 0.05) is 12.0 Å². The van der Waals surface area contributed by atoms with Crippen LogP contribution in [0.3, 0.4) is 0 Å². The Kier molecular flexibility index (Phi) is 9.95. The minimum absolute atomic E-state index is 0.0310. The van der Waals surface area contributed by atoms with E-state index >= 15 is 0 Å². The summed E-state index contributed by atoms with van der Waals surface area (Å²) < 4.78 is 0. The number of carboxylic acids is 4. The average Bonchev–Trinajstić information content (AvgIpc) is 2.73. The number of benzene rings is 1. The van der Waals surface area contributed by atoms with Gasteiger partial charge in [0.1, 0.15) is 0 Å². The standard InChI is InChI=1S/C22H33N5O8/c23-27-25-24-11-7-2-1-6-10-21(12-17(28)29,13-18(30)31)22(14-19(32)33,15-20(34)35)26(27)16-8-4-3-5-9-16/h3-5,8-9,24-25H,1-2,6-7,10-15,23H2,(H,28,29)(H,30,31)(H,32,33)(H,34,35). The van der Waals surface area contributed by atoms with Crippen molar-refractivity contribution < 1.29 is 39.6 Å². The predicted molar refractivity (Wildman–Crippen MR) is 123 cm³/mol. The lowest BCUT2D eigenvalue weighted by Crippen LogP contribution is -2.73. The molecule has 1 aromatic rings. The maximum absolute atomic E-state index is 12.3. The minimum Gasteiger partial charge on any atom is -0.481 e. The monoisotopic (exact) mass is 495 g/mol. The molecule has 0 spiro atoms. The molecule has 0 atom stereocenters. The SMILES string of the molecule is NN1NNCCCCCCC(CC(=O)O)(CC(=O)O)C(CC(=O)O)(CC(=O)O)N1c1ccccc1. The molecular formula is C22H33N5O8. The second-order valence-electron chi connectivity index (χ2n) is 8.79. The number of aliphatic carboxylic acids is 4. The number of rotatable bonds is 9. The number of carboxylic acid groups (broad SMARTS) is 4. The molecule has 1 aliphatic heterocycles. The van der Waals surface area contributed by atoms with E-state index in [2.05, 4.69) is 11.0 Å². The van der Waals surface area contributed by atoms with Gasteiger partial charge in [-0.3, -0.25) is 24.2 Å². The molecule has 1 aromatic carbocycles. The highest BCUT2D eigenvalue weighted by atomic mass is 16.4. The summed E-state index contributed by atoms with van der Waals surface area (Å²) in [6.07, 6.45) is -0.867. The Labute approximate surface area is 202 Å². The van der Waals surface area contributed by atoms with Crippen molar-refractivity contribution in [3.63, 3.8) is 0 Å². The highest BCUT2D eigenvalue weighted by Gasteiger charge is 2.60. The first kappa shape index (κ1) is 28.0. The predicted octanol–water partition coefficient (Wildman–Crippen LogP) is 1.18. The Morgan fingerprint density at radius 3 is 1.83 bits per heavy atom. The number of nitrogens with two attached hydrogens (primary N) is 1. The van der Waals surface area contributed by atoms with Crippen molar-refractivity contribution in [1.82, 2.24) is 16.2 Å². The lowest BCUT2D eigenvalue weighted by molar-refractivity contribution is -0.158. The lowest BCUT2D eigenvalue weighted by atomic mass is 9.59. The van der Waals surface area contributed by atoms with Gasteiger partial charge in [0.05, 0.1) is 36.9 Å². The van der Waals surface area contributed by atoms with Gasteiger partial charge in [-0.2, -0.15) is 5.53 Å². The van der Waals surface area contributed by atoms with Crippen molar-refractivity contribution in [2.75, 3.05) is 11.6 Å². The van der Waals surface area contributed by atoms with E-state index in [0.29, 0.717) is 19.4 Å². The van der Waals surface area contributed by atoms with Crippen molar-refractivity contribution in [3.8, 4) is 0 Å². The number of nitrogens with zero attached hydrogens (tertiary/aromatic N) is 2. The number of anilines is 1. The summed E-state index contributed by atoms with van der Waals surface area (Å²) in [6.45, 7) is 0.497. The Morgan fingerprint density at radius 1 is 0.800 bits per heavy atom. The van der Waals surface area contributed by atoms with Crippen molar-refractivity contribution in [3.05, 3.63) is 30.3 Å². The summed E-state index contributed by atoms with van der Waals surface area (Å²) in [5.41, 5.74) is 1.93. The smallest absolute Gasteiger partial charge is 0.305 e. The molecule has 194 valence electrons. The molecule has 0 aliphatic carbocycles. The van der Waals surface area contributed by atoms with Crippen molar-refractivity contribution in [1.29, 1.82) is 0 Å². The number of carbonyl (C=O) groups is 4. The van der Waals surface area contributed by atoms with E-state index in [1.165, 1.54) is 5.01 Å². The van der Waals surface area contributed by atoms with Gasteiger partial charge in [-0.25, -0.2) is 11.3 Å². The fraction of sp³-hybridized carbons (Fsp3) is 0.545. The van der Waals surface area contributed by atoms with Crippen molar-refractivity contribution >= 4 is 29.6 Å². The lowest BCUT2D eigenvalue weighted by Gasteiger charge is -2.56. The Bertz CT molecular complexity index is 865. The molecule has 1 saturated heterocycles. The van der Waals surface area contributed by atoms with E-state index in [0.717, 1.165) is 18.1 Å². The molecular weight excluding hydrogens is 462 g/mol. The van der Waals surface area contributed by atoms with Crippen molar-refractivity contribution in [2.45, 2.75) is 63.3 Å². The summed E-state index contributed by atoms with van der Waals surface area (Å²) in [6, 6.07) is 8.03. The number of hydrazine groups is 4. The van der Waals surface area contributed by atoms with E-state index in [1.807, 2.05) is 0 Å². The van der Waals surface area contributed by atoms with Gasteiger partial charge >= 0.3 is 23.9 Å². The molecule has 35 heavy (non-hydrogen) atoms. The topological polar surface area (TPSA) is 206 Å². The molecule has 0 radical (unpaired) electrons. The minimum atomic E-state index is -2.09. The largest absolute Gasteiger partial charge is 0.481 e. The third kappa shape index (κ3) is 7.11. The number of hydrogen-bond acceptors (Lipinski definition) is 9. The van der Waals surface area contributed by atoms with Crippen LogP contribution in [0, 0.1) is 5.41 Å². The highest BCUT2D eigenvalue weighted by molar-refractivity contribution is 5.79. The molecule has 1 heterocycles. The van der Waals surface area contributed by atoms with Crippen molar-refractivity contribution in [2.24, 2.45) is 11.3 Å². The van der Waals surface area contributed by atoms with Gasteiger partial charge in [-0.05, 0) is 25.0 Å². The van der Waals surface area contributed by atoms with E-state index in [9.17, 15) is 39.6 Å². The van der Waals surface area contributed by atoms with Crippen LogP contribution < -0.4 is 21.8 Å². The Morgan fingerprint density at radius 2 is 1.31 bits per heavy atom. The fourth-order valence-electron chi connectivity index (χ4n) is 5.06. The summed E-state index contributed by atoms with van der Waals surface area (Å²) >= 11 is 0. The van der Waals surface area contributed by atoms with Crippen LogP contribution in [-0.4, -0.2) is 61.6 Å². The Balaban J connectivity index is 2.96. The number of para-hydroxylation sites is 1. The van der Waals surface area contributed by atoms with Gasteiger partial charge in [-0.1, -0.05) is 42.7 Å². The molecule has 13 nitrogen and oxygen atoms in total. The first-order valence-corrected chi connectivity index (χ1v) is 11.3. The van der Waals surface area contributed by atoms with Crippen LogP contribution in [0.15, 0.2) is 30.3 Å². The van der Waals surface area contributed by atoms with Gasteiger partial charge in [0.2, 0.25) is 0 Å². The Hall–Kier alpha value is -3.26. The summed E-state index contributed by atoms with van der Waals surface area (Å²) in [5.74, 6) is 0.698. The van der Waals surface area contributed by atoms with Crippen LogP contribution in [0.4, 0.5) is 5.69 Å². The molecule has 2 rings (SSSR count). The van der Waals surface area contributed by atoms with E-state index in [4.69, 9.17) is 5.84 Å². The maximum Gasteiger partial charge on any atom is 0.305 e. The fourth-order valence-corrected chi connectivity index (χ4v) is 5.06. The normalized spacial score (nSPS) is 19.2.